The molecule has 27 heavy (non-hydrogen) atoms. The molecule has 0 bridgehead atoms. The number of hydrogen-bond donors (Lipinski definition) is 1. The smallest absolute Gasteiger partial charge is 0.160 e. The molecule has 0 aliphatic rings. The van der Waals surface area contributed by atoms with Crippen molar-refractivity contribution in [3.63, 3.8) is 0 Å². The summed E-state index contributed by atoms with van der Waals surface area (Å²) in [6.45, 7) is 0.106. The van der Waals surface area contributed by atoms with E-state index < -0.39 is 15.1 Å². The van der Waals surface area contributed by atoms with Crippen molar-refractivity contribution in [2.45, 2.75) is 30.9 Å². The van der Waals surface area contributed by atoms with Crippen molar-refractivity contribution in [3.05, 3.63) is 70.0 Å². The predicted octanol–water partition coefficient (Wildman–Crippen LogP) is 5.11. The third kappa shape index (κ3) is 6.92. The van der Waals surface area contributed by atoms with Gasteiger partial charge in [0, 0.05) is 23.4 Å². The number of aliphatic hydroxyl groups excluding tert-OH is 1. The van der Waals surface area contributed by atoms with E-state index in [4.69, 9.17) is 28.3 Å². The Labute approximate surface area is 170 Å². The number of unbranched alkanes of at least 4 members (excludes halogenated alkanes) is 2. The fourth-order valence-electron chi connectivity index (χ4n) is 2.79. The molecule has 4 nitrogen and oxygen atoms in total. The maximum Gasteiger partial charge on any atom is 0.160 e. The molecule has 146 valence electrons. The molecule has 1 heterocycles. The highest BCUT2D eigenvalue weighted by Gasteiger charge is 2.28. The normalized spacial score (nSPS) is 13.1. The number of benzene rings is 1. The van der Waals surface area contributed by atoms with Gasteiger partial charge in [0.05, 0.1) is 11.0 Å². The molecule has 0 amide bonds. The van der Waals surface area contributed by atoms with Crippen LogP contribution in [0, 0.1) is 0 Å². The van der Waals surface area contributed by atoms with Crippen LogP contribution < -0.4 is 0 Å². The second-order valence-corrected chi connectivity index (χ2v) is 9.25. The highest BCUT2D eigenvalue weighted by molar-refractivity contribution is 7.91. The van der Waals surface area contributed by atoms with E-state index in [0.29, 0.717) is 29.8 Å². The van der Waals surface area contributed by atoms with Crippen molar-refractivity contribution < 1.29 is 13.5 Å². The molecule has 0 saturated carbocycles. The van der Waals surface area contributed by atoms with Gasteiger partial charge in [0.15, 0.2) is 9.84 Å². The first-order valence-electron chi connectivity index (χ1n) is 8.79. The van der Waals surface area contributed by atoms with Crippen LogP contribution in [0.25, 0.3) is 6.08 Å². The Bertz CT molecular complexity index is 852. The third-order valence-corrected chi connectivity index (χ3v) is 6.78. The summed E-state index contributed by atoms with van der Waals surface area (Å²) in [6, 6.07) is 10.6. The van der Waals surface area contributed by atoms with Crippen LogP contribution in [-0.4, -0.2) is 30.9 Å². The molecule has 0 aliphatic heterocycles. The van der Waals surface area contributed by atoms with E-state index in [1.54, 1.807) is 42.6 Å². The first-order valence-corrected chi connectivity index (χ1v) is 11.3. The molecule has 1 unspecified atom stereocenters. The van der Waals surface area contributed by atoms with Crippen LogP contribution in [0.15, 0.2) is 48.7 Å². The zero-order valence-electron chi connectivity index (χ0n) is 14.9. The van der Waals surface area contributed by atoms with Gasteiger partial charge >= 0.3 is 0 Å². The number of nitrogens with zero attached hydrogens (tertiary/aromatic N) is 1. The molecule has 0 saturated heterocycles. The molecule has 1 aromatic heterocycles. The monoisotopic (exact) mass is 427 g/mol. The Morgan fingerprint density at radius 1 is 1.07 bits per heavy atom. The van der Waals surface area contributed by atoms with Crippen LogP contribution in [0.1, 0.15) is 42.1 Å². The van der Waals surface area contributed by atoms with E-state index in [2.05, 4.69) is 4.98 Å². The van der Waals surface area contributed by atoms with Gasteiger partial charge in [0.2, 0.25) is 0 Å². The Balaban J connectivity index is 2.16. The fourth-order valence-corrected chi connectivity index (χ4v) is 4.94. The van der Waals surface area contributed by atoms with Crippen LogP contribution in [0.3, 0.4) is 0 Å². The van der Waals surface area contributed by atoms with Gasteiger partial charge in [-0.2, -0.15) is 0 Å². The molecule has 2 rings (SSSR count). The van der Waals surface area contributed by atoms with E-state index in [1.165, 1.54) is 0 Å². The SMILES string of the molecule is O=S(=O)(CC=Cc1ccc(Cl)cc1)C(CCCCCO)c1cccnc1Cl. The summed E-state index contributed by atoms with van der Waals surface area (Å²) in [6.07, 6.45) is 7.51. The van der Waals surface area contributed by atoms with Crippen LogP contribution >= 0.6 is 23.2 Å². The predicted molar refractivity (Wildman–Crippen MR) is 112 cm³/mol. The maximum atomic E-state index is 13.0. The standard InChI is InChI=1S/C20H23Cl2NO3S/c21-17-11-9-16(10-12-17)6-5-15-27(25,26)19(8-2-1-3-14-24)18-7-4-13-23-20(18)22/h4-7,9-13,19,24H,1-3,8,14-15H2. The zero-order valence-corrected chi connectivity index (χ0v) is 17.2. The number of sulfone groups is 1. The highest BCUT2D eigenvalue weighted by atomic mass is 35.5. The van der Waals surface area contributed by atoms with Crippen LogP contribution in [0.2, 0.25) is 10.2 Å². The lowest BCUT2D eigenvalue weighted by Gasteiger charge is -2.18. The van der Waals surface area contributed by atoms with Gasteiger partial charge in [-0.25, -0.2) is 13.4 Å². The first kappa shape index (κ1) is 21.9. The maximum absolute atomic E-state index is 13.0. The number of pyridine rings is 1. The molecule has 1 atom stereocenters. The lowest BCUT2D eigenvalue weighted by Crippen LogP contribution is -2.17. The molecule has 1 N–H and O–H groups in total. The van der Waals surface area contributed by atoms with Crippen molar-refractivity contribution in [2.24, 2.45) is 0 Å². The van der Waals surface area contributed by atoms with Crippen LogP contribution in [0.5, 0.6) is 0 Å². The average molecular weight is 428 g/mol. The molecule has 0 radical (unpaired) electrons. The summed E-state index contributed by atoms with van der Waals surface area (Å²) < 4.78 is 26.0. The summed E-state index contributed by atoms with van der Waals surface area (Å²) in [5.41, 5.74) is 1.41. The lowest BCUT2D eigenvalue weighted by molar-refractivity contribution is 0.282. The number of halogens is 2. The first-order chi connectivity index (χ1) is 12.9. The summed E-state index contributed by atoms with van der Waals surface area (Å²) >= 11 is 12.0. The minimum atomic E-state index is -3.46. The van der Waals surface area contributed by atoms with Crippen molar-refractivity contribution >= 4 is 39.1 Å². The van der Waals surface area contributed by atoms with E-state index in [-0.39, 0.29) is 17.5 Å². The van der Waals surface area contributed by atoms with Gasteiger partial charge in [-0.3, -0.25) is 0 Å². The Kier molecular flexibility index (Phi) is 8.77. The number of aromatic nitrogens is 1. The van der Waals surface area contributed by atoms with E-state index in [1.807, 2.05) is 12.1 Å². The number of hydrogen-bond acceptors (Lipinski definition) is 4. The second kappa shape index (κ2) is 10.8. The van der Waals surface area contributed by atoms with Gasteiger partial charge in [-0.1, -0.05) is 66.4 Å². The highest BCUT2D eigenvalue weighted by Crippen LogP contribution is 2.32. The third-order valence-electron chi connectivity index (χ3n) is 4.20. The largest absolute Gasteiger partial charge is 0.396 e. The quantitative estimate of drug-likeness (QED) is 0.422. The van der Waals surface area contributed by atoms with Crippen LogP contribution in [-0.2, 0) is 9.84 Å². The Hall–Kier alpha value is -1.40. The molecular weight excluding hydrogens is 405 g/mol. The molecule has 0 fully saturated rings. The molecular formula is C20H23Cl2NO3S. The Morgan fingerprint density at radius 2 is 1.81 bits per heavy atom. The van der Waals surface area contributed by atoms with E-state index in [9.17, 15) is 8.42 Å². The molecule has 2 aromatic rings. The Morgan fingerprint density at radius 3 is 2.48 bits per heavy atom. The summed E-state index contributed by atoms with van der Waals surface area (Å²) in [4.78, 5) is 4.02. The number of aliphatic hydroxyl groups is 1. The molecule has 0 spiro atoms. The summed E-state index contributed by atoms with van der Waals surface area (Å²) in [7, 11) is -3.46. The van der Waals surface area contributed by atoms with Crippen molar-refractivity contribution in [2.75, 3.05) is 12.4 Å². The zero-order chi connectivity index (χ0) is 19.7. The minimum Gasteiger partial charge on any atom is -0.396 e. The lowest BCUT2D eigenvalue weighted by atomic mass is 10.1. The van der Waals surface area contributed by atoms with E-state index >= 15 is 0 Å². The van der Waals surface area contributed by atoms with Gasteiger partial charge in [-0.05, 0) is 36.6 Å². The summed E-state index contributed by atoms with van der Waals surface area (Å²) in [5, 5.41) is 9.06. The van der Waals surface area contributed by atoms with Gasteiger partial charge in [-0.15, -0.1) is 0 Å². The van der Waals surface area contributed by atoms with Gasteiger partial charge < -0.3 is 5.11 Å². The second-order valence-electron chi connectivity index (χ2n) is 6.23. The molecule has 7 heteroatoms. The summed E-state index contributed by atoms with van der Waals surface area (Å²) in [5.74, 6) is -0.0917. The molecule has 0 aliphatic carbocycles. The van der Waals surface area contributed by atoms with Crippen molar-refractivity contribution in [1.82, 2.24) is 4.98 Å². The molecule has 1 aromatic carbocycles. The fraction of sp³-hybridized carbons (Fsp3) is 0.350. The average Bonchev–Trinajstić information content (AvgIpc) is 2.64. The van der Waals surface area contributed by atoms with Gasteiger partial charge in [0.1, 0.15) is 5.15 Å². The van der Waals surface area contributed by atoms with Crippen LogP contribution in [0.4, 0.5) is 0 Å². The number of rotatable bonds is 10. The topological polar surface area (TPSA) is 67.3 Å². The van der Waals surface area contributed by atoms with Crippen molar-refractivity contribution in [1.29, 1.82) is 0 Å². The van der Waals surface area contributed by atoms with Gasteiger partial charge in [0.25, 0.3) is 0 Å². The van der Waals surface area contributed by atoms with E-state index in [0.717, 1.165) is 12.0 Å². The van der Waals surface area contributed by atoms with Crippen molar-refractivity contribution in [3.8, 4) is 0 Å². The minimum absolute atomic E-state index is 0.0917.